The van der Waals surface area contributed by atoms with Crippen molar-refractivity contribution in [3.05, 3.63) is 63.9 Å². The van der Waals surface area contributed by atoms with E-state index < -0.39 is 29.5 Å². The molecule has 0 fully saturated rings. The Morgan fingerprint density at radius 3 is 2.73 bits per heavy atom. The highest BCUT2D eigenvalue weighted by Crippen LogP contribution is 2.39. The molecule has 1 amide bonds. The van der Waals surface area contributed by atoms with Gasteiger partial charge in [0, 0.05) is 21.3 Å². The van der Waals surface area contributed by atoms with Gasteiger partial charge in [-0.3, -0.25) is 9.59 Å². The van der Waals surface area contributed by atoms with Crippen molar-refractivity contribution in [1.29, 1.82) is 0 Å². The molecule has 2 aromatic carbocycles. The molecule has 1 atom stereocenters. The molecule has 4 nitrogen and oxygen atoms in total. The second kappa shape index (κ2) is 5.30. The molecule has 1 heterocycles. The number of ketones is 1. The molecule has 0 saturated carbocycles. The summed E-state index contributed by atoms with van der Waals surface area (Å²) < 4.78 is 14.0. The van der Waals surface area contributed by atoms with Crippen molar-refractivity contribution < 1.29 is 19.1 Å². The van der Waals surface area contributed by atoms with E-state index in [0.717, 1.165) is 6.07 Å². The van der Waals surface area contributed by atoms with Crippen LogP contribution >= 0.6 is 15.9 Å². The number of amides is 1. The summed E-state index contributed by atoms with van der Waals surface area (Å²) in [5, 5.41) is 13.1. The first-order chi connectivity index (χ1) is 10.4. The standard InChI is InChI=1S/C16H11BrFNO3/c17-12-4-2-1-3-10(12)14(20)8-16(22)11-7-9(18)5-6-13(11)19-15(16)21/h1-7,22H,8H2,(H,19,21)/t16-/m1/s1. The second-order valence-corrected chi connectivity index (χ2v) is 5.94. The van der Waals surface area contributed by atoms with E-state index in [-0.39, 0.29) is 5.56 Å². The van der Waals surface area contributed by atoms with E-state index >= 15 is 0 Å². The molecule has 0 spiro atoms. The van der Waals surface area contributed by atoms with Gasteiger partial charge in [0.1, 0.15) is 5.82 Å². The van der Waals surface area contributed by atoms with Gasteiger partial charge in [-0.2, -0.15) is 0 Å². The highest BCUT2D eigenvalue weighted by molar-refractivity contribution is 9.10. The first-order valence-corrected chi connectivity index (χ1v) is 7.33. The van der Waals surface area contributed by atoms with Crippen molar-refractivity contribution >= 4 is 33.3 Å². The van der Waals surface area contributed by atoms with Gasteiger partial charge in [-0.1, -0.05) is 34.1 Å². The molecule has 112 valence electrons. The minimum Gasteiger partial charge on any atom is -0.375 e. The topological polar surface area (TPSA) is 66.4 Å². The molecule has 0 saturated heterocycles. The van der Waals surface area contributed by atoms with E-state index in [2.05, 4.69) is 21.2 Å². The zero-order chi connectivity index (χ0) is 15.9. The van der Waals surface area contributed by atoms with E-state index in [1.54, 1.807) is 24.3 Å². The fourth-order valence-electron chi connectivity index (χ4n) is 2.51. The molecule has 0 radical (unpaired) electrons. The SMILES string of the molecule is O=C(C[C@]1(O)C(=O)Nc2ccc(F)cc21)c1ccccc1Br. The van der Waals surface area contributed by atoms with Crippen LogP contribution in [-0.2, 0) is 10.4 Å². The van der Waals surface area contributed by atoms with Gasteiger partial charge in [0.2, 0.25) is 0 Å². The third-order valence-corrected chi connectivity index (χ3v) is 4.33. The highest BCUT2D eigenvalue weighted by Gasteiger charge is 2.47. The molecule has 2 N–H and O–H groups in total. The minimum atomic E-state index is -2.07. The number of carbonyl (C=O) groups excluding carboxylic acids is 2. The molecule has 6 heteroatoms. The van der Waals surface area contributed by atoms with Crippen LogP contribution in [0.15, 0.2) is 46.9 Å². The Morgan fingerprint density at radius 1 is 1.27 bits per heavy atom. The van der Waals surface area contributed by atoms with E-state index in [1.165, 1.54) is 12.1 Å². The number of hydrogen-bond donors (Lipinski definition) is 2. The lowest BCUT2D eigenvalue weighted by molar-refractivity contribution is -0.133. The number of halogens is 2. The minimum absolute atomic E-state index is 0.0814. The smallest absolute Gasteiger partial charge is 0.261 e. The molecule has 0 aliphatic carbocycles. The number of benzene rings is 2. The van der Waals surface area contributed by atoms with Crippen LogP contribution in [0.1, 0.15) is 22.3 Å². The van der Waals surface area contributed by atoms with Gasteiger partial charge in [-0.05, 0) is 24.3 Å². The van der Waals surface area contributed by atoms with E-state index in [4.69, 9.17) is 0 Å². The highest BCUT2D eigenvalue weighted by atomic mass is 79.9. The van der Waals surface area contributed by atoms with Gasteiger partial charge in [-0.15, -0.1) is 0 Å². The second-order valence-electron chi connectivity index (χ2n) is 5.08. The average molecular weight is 364 g/mol. The molecule has 1 aliphatic rings. The summed E-state index contributed by atoms with van der Waals surface area (Å²) >= 11 is 3.26. The van der Waals surface area contributed by atoms with Crippen LogP contribution in [0.3, 0.4) is 0 Å². The number of carbonyl (C=O) groups is 2. The Morgan fingerprint density at radius 2 is 2.00 bits per heavy atom. The summed E-state index contributed by atoms with van der Waals surface area (Å²) in [6.45, 7) is 0. The number of rotatable bonds is 3. The van der Waals surface area contributed by atoms with E-state index in [1.807, 2.05) is 0 Å². The Labute approximate surface area is 134 Å². The van der Waals surface area contributed by atoms with Crippen molar-refractivity contribution in [2.24, 2.45) is 0 Å². The number of fused-ring (bicyclic) bond motifs is 1. The average Bonchev–Trinajstić information content (AvgIpc) is 2.71. The molecule has 3 rings (SSSR count). The van der Waals surface area contributed by atoms with Crippen LogP contribution in [-0.4, -0.2) is 16.8 Å². The Bertz CT molecular complexity index is 793. The molecule has 0 aromatic heterocycles. The zero-order valence-electron chi connectivity index (χ0n) is 11.3. The maximum Gasteiger partial charge on any atom is 0.261 e. The van der Waals surface area contributed by atoms with Crippen molar-refractivity contribution in [2.75, 3.05) is 5.32 Å². The van der Waals surface area contributed by atoms with Crippen LogP contribution in [0.2, 0.25) is 0 Å². The third-order valence-electron chi connectivity index (χ3n) is 3.64. The summed E-state index contributed by atoms with van der Waals surface area (Å²) in [7, 11) is 0. The Hall–Kier alpha value is -2.05. The summed E-state index contributed by atoms with van der Waals surface area (Å²) in [6.07, 6.45) is -0.460. The van der Waals surface area contributed by atoms with Gasteiger partial charge in [0.15, 0.2) is 11.4 Å². The van der Waals surface area contributed by atoms with Crippen LogP contribution in [0.25, 0.3) is 0 Å². The van der Waals surface area contributed by atoms with Crippen LogP contribution in [0.4, 0.5) is 10.1 Å². The molecule has 1 aliphatic heterocycles. The fourth-order valence-corrected chi connectivity index (χ4v) is 3.01. The molecule has 0 bridgehead atoms. The first kappa shape index (κ1) is 14.9. The number of hydrogen-bond acceptors (Lipinski definition) is 3. The van der Waals surface area contributed by atoms with Crippen molar-refractivity contribution in [1.82, 2.24) is 0 Å². The van der Waals surface area contributed by atoms with Crippen LogP contribution in [0.5, 0.6) is 0 Å². The molecule has 0 unspecified atom stereocenters. The fraction of sp³-hybridized carbons (Fsp3) is 0.125. The summed E-state index contributed by atoms with van der Waals surface area (Å²) in [5.41, 5.74) is -1.32. The van der Waals surface area contributed by atoms with Crippen molar-refractivity contribution in [3.8, 4) is 0 Å². The van der Waals surface area contributed by atoms with Crippen molar-refractivity contribution in [2.45, 2.75) is 12.0 Å². The number of anilines is 1. The third kappa shape index (κ3) is 2.34. The van der Waals surface area contributed by atoms with Gasteiger partial charge >= 0.3 is 0 Å². The summed E-state index contributed by atoms with van der Waals surface area (Å²) in [6, 6.07) is 10.3. The Balaban J connectivity index is 1.98. The Kier molecular flexibility index (Phi) is 3.58. The molecular weight excluding hydrogens is 353 g/mol. The van der Waals surface area contributed by atoms with Crippen molar-refractivity contribution in [3.63, 3.8) is 0 Å². The van der Waals surface area contributed by atoms with Crippen LogP contribution < -0.4 is 5.32 Å². The largest absolute Gasteiger partial charge is 0.375 e. The monoisotopic (exact) mass is 363 g/mol. The van der Waals surface area contributed by atoms with Gasteiger partial charge in [0.25, 0.3) is 5.91 Å². The first-order valence-electron chi connectivity index (χ1n) is 6.53. The molecule has 2 aromatic rings. The number of Topliss-reactive ketones (excluding diaryl/α,β-unsaturated/α-hetero) is 1. The predicted molar refractivity (Wildman–Crippen MR) is 82.0 cm³/mol. The van der Waals surface area contributed by atoms with Gasteiger partial charge in [-0.25, -0.2) is 4.39 Å². The summed E-state index contributed by atoms with van der Waals surface area (Å²) in [5.74, 6) is -1.72. The maximum atomic E-state index is 13.4. The lowest BCUT2D eigenvalue weighted by Crippen LogP contribution is -2.36. The van der Waals surface area contributed by atoms with E-state index in [0.29, 0.717) is 15.7 Å². The normalized spacial score (nSPS) is 19.7. The maximum absolute atomic E-state index is 13.4. The lowest BCUT2D eigenvalue weighted by atomic mass is 9.88. The zero-order valence-corrected chi connectivity index (χ0v) is 12.9. The van der Waals surface area contributed by atoms with E-state index in [9.17, 15) is 19.1 Å². The molecular formula is C16H11BrFNO3. The number of nitrogens with one attached hydrogen (secondary N) is 1. The predicted octanol–water partition coefficient (Wildman–Crippen LogP) is 3.00. The van der Waals surface area contributed by atoms with Crippen LogP contribution in [0, 0.1) is 5.82 Å². The summed E-state index contributed by atoms with van der Waals surface area (Å²) in [4.78, 5) is 24.5. The quantitative estimate of drug-likeness (QED) is 0.823. The molecule has 22 heavy (non-hydrogen) atoms. The van der Waals surface area contributed by atoms with Gasteiger partial charge < -0.3 is 10.4 Å². The lowest BCUT2D eigenvalue weighted by Gasteiger charge is -2.20. The van der Waals surface area contributed by atoms with Gasteiger partial charge in [0.05, 0.1) is 6.42 Å². The number of aliphatic hydroxyl groups is 1.